The number of rotatable bonds is 5. The van der Waals surface area contributed by atoms with E-state index in [4.69, 9.17) is 0 Å². The quantitative estimate of drug-likeness (QED) is 0.732. The first-order chi connectivity index (χ1) is 7.93. The lowest BCUT2D eigenvalue weighted by Gasteiger charge is -2.38. The Morgan fingerprint density at radius 2 is 1.82 bits per heavy atom. The summed E-state index contributed by atoms with van der Waals surface area (Å²) in [5.74, 6) is 1.28. The predicted molar refractivity (Wildman–Crippen MR) is 73.2 cm³/mol. The summed E-state index contributed by atoms with van der Waals surface area (Å²) in [4.78, 5) is 13.8. The zero-order valence-corrected chi connectivity index (χ0v) is 12.1. The Kier molecular flexibility index (Phi) is 5.64. The second kappa shape index (κ2) is 6.53. The number of likely N-dealkylation sites (tertiary alicyclic amines) is 1. The van der Waals surface area contributed by atoms with Crippen LogP contribution >= 0.6 is 0 Å². The fraction of sp³-hybridized carbons (Fsp3) is 0.933. The monoisotopic (exact) mass is 239 g/mol. The van der Waals surface area contributed by atoms with Crippen molar-refractivity contribution in [2.24, 2.45) is 11.3 Å². The standard InChI is InChI=1S/C15H29NO/c1-5-14(17)7-6-10-16-11-8-13(9-12-16)15(2,3)4/h13H,5-12H2,1-4H3. The zero-order chi connectivity index (χ0) is 12.9. The van der Waals surface area contributed by atoms with Gasteiger partial charge in [0.25, 0.3) is 0 Å². The SMILES string of the molecule is CCC(=O)CCCN1CCC(C(C)(C)C)CC1. The molecule has 0 saturated carbocycles. The van der Waals surface area contributed by atoms with Crippen LogP contribution in [0.2, 0.25) is 0 Å². The summed E-state index contributed by atoms with van der Waals surface area (Å²) >= 11 is 0. The van der Waals surface area contributed by atoms with Gasteiger partial charge in [0.1, 0.15) is 5.78 Å². The summed E-state index contributed by atoms with van der Waals surface area (Å²) in [6, 6.07) is 0. The summed E-state index contributed by atoms with van der Waals surface area (Å²) in [5.41, 5.74) is 0.463. The number of carbonyl (C=O) groups excluding carboxylic acids is 1. The Bertz CT molecular complexity index is 234. The topological polar surface area (TPSA) is 20.3 Å². The molecule has 0 atom stereocenters. The van der Waals surface area contributed by atoms with E-state index in [9.17, 15) is 4.79 Å². The van der Waals surface area contributed by atoms with Crippen LogP contribution in [0.5, 0.6) is 0 Å². The van der Waals surface area contributed by atoms with Crippen molar-refractivity contribution in [3.05, 3.63) is 0 Å². The minimum atomic E-state index is 0.412. The van der Waals surface area contributed by atoms with E-state index in [0.29, 0.717) is 17.6 Å². The molecule has 1 rings (SSSR count). The fourth-order valence-corrected chi connectivity index (χ4v) is 2.70. The van der Waals surface area contributed by atoms with Crippen LogP contribution in [0.1, 0.15) is 59.8 Å². The molecule has 0 aromatic heterocycles. The Hall–Kier alpha value is -0.370. The Labute approximate surface area is 107 Å². The molecular weight excluding hydrogens is 210 g/mol. The van der Waals surface area contributed by atoms with Gasteiger partial charge in [0.05, 0.1) is 0 Å². The molecule has 0 amide bonds. The van der Waals surface area contributed by atoms with Crippen molar-refractivity contribution in [1.82, 2.24) is 4.90 Å². The largest absolute Gasteiger partial charge is 0.303 e. The van der Waals surface area contributed by atoms with E-state index >= 15 is 0 Å². The van der Waals surface area contributed by atoms with Gasteiger partial charge in [-0.05, 0) is 50.2 Å². The number of hydrogen-bond acceptors (Lipinski definition) is 2. The highest BCUT2D eigenvalue weighted by atomic mass is 16.1. The van der Waals surface area contributed by atoms with E-state index in [0.717, 1.165) is 25.3 Å². The first-order valence-electron chi connectivity index (χ1n) is 7.17. The van der Waals surface area contributed by atoms with E-state index in [1.165, 1.54) is 25.9 Å². The van der Waals surface area contributed by atoms with Gasteiger partial charge in [-0.25, -0.2) is 0 Å². The van der Waals surface area contributed by atoms with Gasteiger partial charge in [0, 0.05) is 12.8 Å². The number of piperidine rings is 1. The van der Waals surface area contributed by atoms with Crippen molar-refractivity contribution < 1.29 is 4.79 Å². The molecule has 0 bridgehead atoms. The first-order valence-corrected chi connectivity index (χ1v) is 7.17. The predicted octanol–water partition coefficient (Wildman–Crippen LogP) is 3.50. The molecule has 17 heavy (non-hydrogen) atoms. The number of ketones is 1. The molecule has 0 aromatic rings. The van der Waals surface area contributed by atoms with Crippen LogP contribution in [-0.2, 0) is 4.79 Å². The molecule has 0 aromatic carbocycles. The average Bonchev–Trinajstić information content (AvgIpc) is 2.28. The molecule has 1 aliphatic rings. The van der Waals surface area contributed by atoms with Crippen molar-refractivity contribution in [3.63, 3.8) is 0 Å². The molecule has 1 fully saturated rings. The van der Waals surface area contributed by atoms with Gasteiger partial charge in [-0.15, -0.1) is 0 Å². The third-order valence-electron chi connectivity index (χ3n) is 4.14. The van der Waals surface area contributed by atoms with E-state index in [-0.39, 0.29) is 0 Å². The summed E-state index contributed by atoms with van der Waals surface area (Å²) < 4.78 is 0. The lowest BCUT2D eigenvalue weighted by atomic mass is 9.75. The van der Waals surface area contributed by atoms with Crippen molar-refractivity contribution in [2.45, 2.75) is 59.8 Å². The van der Waals surface area contributed by atoms with Crippen LogP contribution in [-0.4, -0.2) is 30.3 Å². The molecule has 1 saturated heterocycles. The number of carbonyl (C=O) groups is 1. The van der Waals surface area contributed by atoms with Crippen LogP contribution in [0, 0.1) is 11.3 Å². The van der Waals surface area contributed by atoms with Crippen LogP contribution in [0.3, 0.4) is 0 Å². The number of Topliss-reactive ketones (excluding diaryl/α,β-unsaturated/α-hetero) is 1. The molecule has 0 unspecified atom stereocenters. The van der Waals surface area contributed by atoms with Gasteiger partial charge in [-0.2, -0.15) is 0 Å². The van der Waals surface area contributed by atoms with Crippen molar-refractivity contribution >= 4 is 5.78 Å². The molecule has 0 N–H and O–H groups in total. The first kappa shape index (κ1) is 14.7. The molecule has 2 nitrogen and oxygen atoms in total. The van der Waals surface area contributed by atoms with Gasteiger partial charge in [0.15, 0.2) is 0 Å². The Morgan fingerprint density at radius 3 is 2.29 bits per heavy atom. The minimum Gasteiger partial charge on any atom is -0.303 e. The summed E-state index contributed by atoms with van der Waals surface area (Å²) in [5, 5.41) is 0. The summed E-state index contributed by atoms with van der Waals surface area (Å²) in [6.07, 6.45) is 5.17. The fourth-order valence-electron chi connectivity index (χ4n) is 2.70. The third-order valence-corrected chi connectivity index (χ3v) is 4.14. The Balaban J connectivity index is 2.17. The van der Waals surface area contributed by atoms with E-state index < -0.39 is 0 Å². The highest BCUT2D eigenvalue weighted by Crippen LogP contribution is 2.34. The van der Waals surface area contributed by atoms with E-state index in [1.54, 1.807) is 0 Å². The second-order valence-corrected chi connectivity index (χ2v) is 6.48. The van der Waals surface area contributed by atoms with Gasteiger partial charge < -0.3 is 4.90 Å². The number of nitrogens with zero attached hydrogens (tertiary/aromatic N) is 1. The maximum absolute atomic E-state index is 11.2. The lowest BCUT2D eigenvalue weighted by Crippen LogP contribution is -2.38. The average molecular weight is 239 g/mol. The Morgan fingerprint density at radius 1 is 1.24 bits per heavy atom. The molecule has 2 heteroatoms. The zero-order valence-electron chi connectivity index (χ0n) is 12.1. The smallest absolute Gasteiger partial charge is 0.132 e. The maximum atomic E-state index is 11.2. The second-order valence-electron chi connectivity index (χ2n) is 6.48. The molecule has 0 aliphatic carbocycles. The maximum Gasteiger partial charge on any atom is 0.132 e. The van der Waals surface area contributed by atoms with Gasteiger partial charge in [-0.1, -0.05) is 27.7 Å². The highest BCUT2D eigenvalue weighted by molar-refractivity contribution is 5.77. The van der Waals surface area contributed by atoms with Crippen LogP contribution in [0.4, 0.5) is 0 Å². The van der Waals surface area contributed by atoms with E-state index in [1.807, 2.05) is 6.92 Å². The van der Waals surface area contributed by atoms with Crippen LogP contribution in [0.15, 0.2) is 0 Å². The van der Waals surface area contributed by atoms with Crippen molar-refractivity contribution in [3.8, 4) is 0 Å². The van der Waals surface area contributed by atoms with Crippen LogP contribution < -0.4 is 0 Å². The molecular formula is C15H29NO. The lowest BCUT2D eigenvalue weighted by molar-refractivity contribution is -0.118. The molecule has 1 aliphatic heterocycles. The molecule has 100 valence electrons. The van der Waals surface area contributed by atoms with Crippen LogP contribution in [0.25, 0.3) is 0 Å². The summed E-state index contributed by atoms with van der Waals surface area (Å²) in [6.45, 7) is 12.6. The highest BCUT2D eigenvalue weighted by Gasteiger charge is 2.28. The minimum absolute atomic E-state index is 0.412. The number of hydrogen-bond donors (Lipinski definition) is 0. The van der Waals surface area contributed by atoms with Gasteiger partial charge in [-0.3, -0.25) is 4.79 Å². The molecule has 0 radical (unpaired) electrons. The molecule has 1 heterocycles. The normalized spacial score (nSPS) is 19.5. The molecule has 0 spiro atoms. The summed E-state index contributed by atoms with van der Waals surface area (Å²) in [7, 11) is 0. The van der Waals surface area contributed by atoms with Crippen molar-refractivity contribution in [1.29, 1.82) is 0 Å². The van der Waals surface area contributed by atoms with Gasteiger partial charge >= 0.3 is 0 Å². The third kappa shape index (κ3) is 5.20. The van der Waals surface area contributed by atoms with Crippen molar-refractivity contribution in [2.75, 3.05) is 19.6 Å². The van der Waals surface area contributed by atoms with E-state index in [2.05, 4.69) is 25.7 Å². The van der Waals surface area contributed by atoms with Gasteiger partial charge in [0.2, 0.25) is 0 Å².